The van der Waals surface area contributed by atoms with Gasteiger partial charge < -0.3 is 0 Å². The van der Waals surface area contributed by atoms with E-state index in [4.69, 9.17) is 0 Å². The van der Waals surface area contributed by atoms with Crippen molar-refractivity contribution in [1.29, 1.82) is 0 Å². The normalized spacial score (nSPS) is 15.2. The molecule has 5 heteroatoms. The Bertz CT molecular complexity index is 1070. The smallest absolute Gasteiger partial charge is 0.268 e. The minimum atomic E-state index is -3.93. The summed E-state index contributed by atoms with van der Waals surface area (Å²) in [6, 6.07) is 20.9. The van der Waals surface area contributed by atoms with Gasteiger partial charge in [-0.05, 0) is 37.1 Å². The summed E-state index contributed by atoms with van der Waals surface area (Å²) in [7, 11) is -3.93. The summed E-state index contributed by atoms with van der Waals surface area (Å²) in [5.74, 6) is -0.489. The standard InChI is InChI=1S/C22H19NO3S/c1-15-7-11-17(12-8-15)21(18-13-9-16(2)10-14-18)23-22(24)19-5-3-4-6-20(19)27(23,25)26/h3-14,21H,1-2H3. The van der Waals surface area contributed by atoms with Crippen LogP contribution in [0, 0.1) is 13.8 Å². The number of aryl methyl sites for hydroxylation is 2. The SMILES string of the molecule is Cc1ccc(C(c2ccc(C)cc2)N2C(=O)c3ccccc3S2(=O)=O)cc1. The fraction of sp³-hybridized carbons (Fsp3) is 0.136. The van der Waals surface area contributed by atoms with Crippen LogP contribution in [0.5, 0.6) is 0 Å². The molecule has 0 aromatic heterocycles. The molecule has 136 valence electrons. The van der Waals surface area contributed by atoms with Crippen molar-refractivity contribution in [3.8, 4) is 0 Å². The van der Waals surface area contributed by atoms with Crippen LogP contribution in [0.15, 0.2) is 77.7 Å². The number of hydrogen-bond acceptors (Lipinski definition) is 3. The summed E-state index contributed by atoms with van der Waals surface area (Å²) < 4.78 is 27.5. The molecule has 0 saturated heterocycles. The second kappa shape index (κ2) is 6.35. The van der Waals surface area contributed by atoms with Crippen LogP contribution in [0.25, 0.3) is 0 Å². The summed E-state index contributed by atoms with van der Waals surface area (Å²) in [6.45, 7) is 3.94. The van der Waals surface area contributed by atoms with E-state index in [0.29, 0.717) is 0 Å². The van der Waals surface area contributed by atoms with Crippen molar-refractivity contribution in [3.63, 3.8) is 0 Å². The fourth-order valence-electron chi connectivity index (χ4n) is 3.42. The molecule has 0 aliphatic carbocycles. The first-order valence-electron chi connectivity index (χ1n) is 8.70. The van der Waals surface area contributed by atoms with Crippen molar-refractivity contribution in [2.45, 2.75) is 24.8 Å². The number of benzene rings is 3. The van der Waals surface area contributed by atoms with Gasteiger partial charge in [0.1, 0.15) is 4.90 Å². The molecule has 0 atom stereocenters. The first-order chi connectivity index (χ1) is 12.9. The summed E-state index contributed by atoms with van der Waals surface area (Å²) in [6.07, 6.45) is 0. The van der Waals surface area contributed by atoms with Gasteiger partial charge >= 0.3 is 0 Å². The van der Waals surface area contributed by atoms with Gasteiger partial charge in [-0.2, -0.15) is 0 Å². The molecule has 0 radical (unpaired) electrons. The molecule has 0 fully saturated rings. The second-order valence-electron chi connectivity index (χ2n) is 6.83. The molecule has 27 heavy (non-hydrogen) atoms. The molecule has 1 heterocycles. The number of rotatable bonds is 3. The van der Waals surface area contributed by atoms with Crippen molar-refractivity contribution in [1.82, 2.24) is 4.31 Å². The molecule has 3 aromatic rings. The van der Waals surface area contributed by atoms with Crippen molar-refractivity contribution in [2.24, 2.45) is 0 Å². The Morgan fingerprint density at radius 3 is 1.70 bits per heavy atom. The number of sulfonamides is 1. The molecule has 3 aromatic carbocycles. The van der Waals surface area contributed by atoms with E-state index in [0.717, 1.165) is 26.6 Å². The lowest BCUT2D eigenvalue weighted by Crippen LogP contribution is -2.35. The first-order valence-corrected chi connectivity index (χ1v) is 10.1. The minimum Gasteiger partial charge on any atom is -0.268 e. The highest BCUT2D eigenvalue weighted by Gasteiger charge is 2.45. The van der Waals surface area contributed by atoms with Crippen molar-refractivity contribution >= 4 is 15.9 Å². The molecule has 0 saturated carbocycles. The highest BCUT2D eigenvalue weighted by Crippen LogP contribution is 2.40. The third-order valence-corrected chi connectivity index (χ3v) is 6.68. The van der Waals surface area contributed by atoms with E-state index in [1.807, 2.05) is 62.4 Å². The molecule has 4 nitrogen and oxygen atoms in total. The van der Waals surface area contributed by atoms with Gasteiger partial charge in [0.25, 0.3) is 15.9 Å². The minimum absolute atomic E-state index is 0.0687. The van der Waals surface area contributed by atoms with Crippen molar-refractivity contribution in [3.05, 3.63) is 101 Å². The highest BCUT2D eigenvalue weighted by molar-refractivity contribution is 7.90. The molecule has 1 aliphatic heterocycles. The van der Waals surface area contributed by atoms with Crippen molar-refractivity contribution in [2.75, 3.05) is 0 Å². The molecule has 4 rings (SSSR count). The maximum Gasteiger partial charge on any atom is 0.269 e. The van der Waals surface area contributed by atoms with E-state index in [1.54, 1.807) is 18.2 Å². The highest BCUT2D eigenvalue weighted by atomic mass is 32.2. The van der Waals surface area contributed by atoms with E-state index in [2.05, 4.69) is 0 Å². The Hall–Kier alpha value is -2.92. The van der Waals surface area contributed by atoms with E-state index < -0.39 is 22.0 Å². The average Bonchev–Trinajstić information content (AvgIpc) is 2.86. The number of carbonyl (C=O) groups is 1. The third-order valence-electron chi connectivity index (χ3n) is 4.88. The average molecular weight is 377 g/mol. The molecular weight excluding hydrogens is 358 g/mol. The fourth-order valence-corrected chi connectivity index (χ4v) is 5.15. The molecule has 0 bridgehead atoms. The van der Waals surface area contributed by atoms with Crippen LogP contribution in [0.4, 0.5) is 0 Å². The van der Waals surface area contributed by atoms with E-state index in [-0.39, 0.29) is 10.5 Å². The van der Waals surface area contributed by atoms with Crippen LogP contribution in [-0.4, -0.2) is 18.6 Å². The van der Waals surface area contributed by atoms with Crippen LogP contribution in [0.2, 0.25) is 0 Å². The number of hydrogen-bond donors (Lipinski definition) is 0. The first kappa shape index (κ1) is 17.5. The molecule has 0 unspecified atom stereocenters. The number of carbonyl (C=O) groups excluding carboxylic acids is 1. The summed E-state index contributed by atoms with van der Waals surface area (Å²) in [4.78, 5) is 13.1. The zero-order valence-electron chi connectivity index (χ0n) is 15.1. The quantitative estimate of drug-likeness (QED) is 0.686. The summed E-state index contributed by atoms with van der Waals surface area (Å²) >= 11 is 0. The lowest BCUT2D eigenvalue weighted by atomic mass is 9.96. The van der Waals surface area contributed by atoms with Gasteiger partial charge in [-0.3, -0.25) is 4.79 Å². The second-order valence-corrected chi connectivity index (χ2v) is 8.61. The summed E-state index contributed by atoms with van der Waals surface area (Å²) in [5, 5.41) is 0. The van der Waals surface area contributed by atoms with Gasteiger partial charge in [-0.25, -0.2) is 12.7 Å². The van der Waals surface area contributed by atoms with Gasteiger partial charge in [0.2, 0.25) is 0 Å². The van der Waals surface area contributed by atoms with Gasteiger partial charge in [0.05, 0.1) is 11.6 Å². The molecule has 1 amide bonds. The van der Waals surface area contributed by atoms with Crippen molar-refractivity contribution < 1.29 is 13.2 Å². The third kappa shape index (κ3) is 2.84. The van der Waals surface area contributed by atoms with Gasteiger partial charge in [-0.1, -0.05) is 71.8 Å². The van der Waals surface area contributed by atoms with Crippen LogP contribution in [0.1, 0.15) is 38.7 Å². The number of fused-ring (bicyclic) bond motifs is 1. The lowest BCUT2D eigenvalue weighted by Gasteiger charge is -2.28. The number of nitrogens with zero attached hydrogens (tertiary/aromatic N) is 1. The predicted molar refractivity (Wildman–Crippen MR) is 104 cm³/mol. The van der Waals surface area contributed by atoms with Crippen LogP contribution in [0.3, 0.4) is 0 Å². The Kier molecular flexibility index (Phi) is 4.12. The maximum absolute atomic E-state index is 13.2. The Balaban J connectivity index is 1.93. The number of amides is 1. The monoisotopic (exact) mass is 377 g/mol. The van der Waals surface area contributed by atoms with Crippen LogP contribution >= 0.6 is 0 Å². The topological polar surface area (TPSA) is 54.5 Å². The zero-order valence-corrected chi connectivity index (χ0v) is 15.9. The zero-order chi connectivity index (χ0) is 19.2. The molecule has 0 N–H and O–H groups in total. The van der Waals surface area contributed by atoms with E-state index >= 15 is 0 Å². The maximum atomic E-state index is 13.2. The van der Waals surface area contributed by atoms with Gasteiger partial charge in [0.15, 0.2) is 0 Å². The van der Waals surface area contributed by atoms with Crippen LogP contribution in [-0.2, 0) is 10.0 Å². The van der Waals surface area contributed by atoms with Gasteiger partial charge in [-0.15, -0.1) is 0 Å². The molecule has 1 aliphatic rings. The summed E-state index contributed by atoms with van der Waals surface area (Å²) in [5.41, 5.74) is 3.88. The van der Waals surface area contributed by atoms with Gasteiger partial charge in [0, 0.05) is 0 Å². The van der Waals surface area contributed by atoms with E-state index in [1.165, 1.54) is 6.07 Å². The predicted octanol–water partition coefficient (Wildman–Crippen LogP) is 4.24. The largest absolute Gasteiger partial charge is 0.269 e. The Morgan fingerprint density at radius 1 is 0.741 bits per heavy atom. The Morgan fingerprint density at radius 2 is 1.22 bits per heavy atom. The van der Waals surface area contributed by atoms with Crippen LogP contribution < -0.4 is 0 Å². The lowest BCUT2D eigenvalue weighted by molar-refractivity contribution is 0.0846. The van der Waals surface area contributed by atoms with E-state index in [9.17, 15) is 13.2 Å². The molecular formula is C22H19NO3S. The molecule has 0 spiro atoms. The Labute approximate surface area is 159 Å².